The number of carbonyl (C=O) groups is 2. The molecule has 2 heterocycles. The van der Waals surface area contributed by atoms with Crippen LogP contribution in [0.2, 0.25) is 0 Å². The minimum absolute atomic E-state index is 0.0129. The minimum atomic E-state index is -3.74. The van der Waals surface area contributed by atoms with E-state index in [2.05, 4.69) is 20.0 Å². The van der Waals surface area contributed by atoms with Crippen molar-refractivity contribution in [1.82, 2.24) is 24.9 Å². The molecule has 10 nitrogen and oxygen atoms in total. The van der Waals surface area contributed by atoms with Gasteiger partial charge in [0, 0.05) is 30.6 Å². The van der Waals surface area contributed by atoms with Gasteiger partial charge in [0.2, 0.25) is 15.9 Å². The second kappa shape index (κ2) is 8.98. The summed E-state index contributed by atoms with van der Waals surface area (Å²) >= 11 is 0. The molecule has 2 aliphatic rings. The zero-order valence-corrected chi connectivity index (χ0v) is 17.6. The summed E-state index contributed by atoms with van der Waals surface area (Å²) in [6.45, 7) is 0.0731. The highest BCUT2D eigenvalue weighted by atomic mass is 32.2. The molecule has 1 saturated heterocycles. The van der Waals surface area contributed by atoms with Gasteiger partial charge < -0.3 is 9.64 Å². The molecule has 0 atom stereocenters. The lowest BCUT2D eigenvalue weighted by Crippen LogP contribution is -2.28. The molecule has 31 heavy (non-hydrogen) atoms. The Morgan fingerprint density at radius 2 is 1.90 bits per heavy atom. The van der Waals surface area contributed by atoms with Crippen molar-refractivity contribution in [1.29, 1.82) is 0 Å². The van der Waals surface area contributed by atoms with Crippen molar-refractivity contribution >= 4 is 22.0 Å². The van der Waals surface area contributed by atoms with Crippen molar-refractivity contribution in [3.63, 3.8) is 0 Å². The molecular formula is C20H23N5O5S. The summed E-state index contributed by atoms with van der Waals surface area (Å²) in [5.74, 6) is 0.536. The first-order chi connectivity index (χ1) is 14.9. The van der Waals surface area contributed by atoms with Gasteiger partial charge in [0.15, 0.2) is 0 Å². The number of aromatic nitrogens is 2. The van der Waals surface area contributed by atoms with Crippen LogP contribution in [0.15, 0.2) is 41.6 Å². The minimum Gasteiger partial charge on any atom is -0.490 e. The van der Waals surface area contributed by atoms with E-state index in [9.17, 15) is 18.0 Å². The van der Waals surface area contributed by atoms with E-state index in [0.717, 1.165) is 25.7 Å². The molecule has 11 heteroatoms. The summed E-state index contributed by atoms with van der Waals surface area (Å²) in [6, 6.07) is 5.99. The topological polar surface area (TPSA) is 131 Å². The Labute approximate surface area is 180 Å². The van der Waals surface area contributed by atoms with Gasteiger partial charge in [-0.1, -0.05) is 6.07 Å². The molecule has 4 rings (SSSR count). The molecule has 2 fully saturated rings. The number of hydrogen-bond acceptors (Lipinski definition) is 7. The second-order valence-electron chi connectivity index (χ2n) is 7.54. The highest BCUT2D eigenvalue weighted by Gasteiger charge is 2.27. The molecule has 0 bridgehead atoms. The quantitative estimate of drug-likeness (QED) is 0.586. The van der Waals surface area contributed by atoms with E-state index in [-0.39, 0.29) is 36.5 Å². The highest BCUT2D eigenvalue weighted by molar-refractivity contribution is 7.89. The van der Waals surface area contributed by atoms with Crippen molar-refractivity contribution in [2.24, 2.45) is 0 Å². The summed E-state index contributed by atoms with van der Waals surface area (Å²) < 4.78 is 33.8. The second-order valence-corrected chi connectivity index (χ2v) is 9.31. The Morgan fingerprint density at radius 1 is 1.16 bits per heavy atom. The molecular weight excluding hydrogens is 422 g/mol. The van der Waals surface area contributed by atoms with Crippen LogP contribution in [0.5, 0.6) is 5.75 Å². The molecule has 1 aliphatic heterocycles. The third kappa shape index (κ3) is 5.36. The number of imide groups is 1. The van der Waals surface area contributed by atoms with Crippen molar-refractivity contribution in [3.05, 3.63) is 48.0 Å². The van der Waals surface area contributed by atoms with E-state index in [1.165, 1.54) is 29.4 Å². The molecule has 1 aromatic heterocycles. The number of urea groups is 1. The largest absolute Gasteiger partial charge is 0.490 e. The fourth-order valence-electron chi connectivity index (χ4n) is 3.51. The molecule has 1 aromatic carbocycles. The molecule has 1 aliphatic carbocycles. The van der Waals surface area contributed by atoms with Crippen molar-refractivity contribution in [2.45, 2.75) is 49.8 Å². The SMILES string of the molecule is O=C1CN(Cc2ncc(CNS(=O)(=O)c3cccc(OC4CCCC4)c3)cn2)C(=O)N1. The van der Waals surface area contributed by atoms with Gasteiger partial charge in [-0.3, -0.25) is 10.1 Å². The first-order valence-electron chi connectivity index (χ1n) is 10.0. The normalized spacial score (nSPS) is 17.2. The highest BCUT2D eigenvalue weighted by Crippen LogP contribution is 2.25. The van der Waals surface area contributed by atoms with E-state index in [1.54, 1.807) is 12.1 Å². The Balaban J connectivity index is 1.34. The van der Waals surface area contributed by atoms with Crippen LogP contribution in [-0.2, 0) is 27.9 Å². The van der Waals surface area contributed by atoms with Crippen LogP contribution in [-0.4, -0.2) is 47.9 Å². The third-order valence-corrected chi connectivity index (χ3v) is 6.55. The first kappa shape index (κ1) is 21.2. The van der Waals surface area contributed by atoms with Gasteiger partial charge in [-0.25, -0.2) is 27.9 Å². The van der Waals surface area contributed by atoms with Gasteiger partial charge >= 0.3 is 6.03 Å². The summed E-state index contributed by atoms with van der Waals surface area (Å²) in [4.78, 5) is 32.5. The Morgan fingerprint density at radius 3 is 2.58 bits per heavy atom. The van der Waals surface area contributed by atoms with E-state index in [1.807, 2.05) is 0 Å². The summed E-state index contributed by atoms with van der Waals surface area (Å²) in [6.07, 6.45) is 7.36. The number of hydrogen-bond donors (Lipinski definition) is 2. The summed E-state index contributed by atoms with van der Waals surface area (Å²) in [5, 5.41) is 2.18. The van der Waals surface area contributed by atoms with E-state index >= 15 is 0 Å². The Bertz CT molecular complexity index is 1070. The van der Waals surface area contributed by atoms with Gasteiger partial charge in [0.05, 0.1) is 17.5 Å². The smallest absolute Gasteiger partial charge is 0.324 e. The van der Waals surface area contributed by atoms with Gasteiger partial charge in [-0.2, -0.15) is 0 Å². The lowest BCUT2D eigenvalue weighted by Gasteiger charge is -2.14. The van der Waals surface area contributed by atoms with Crippen LogP contribution in [0, 0.1) is 0 Å². The zero-order valence-electron chi connectivity index (χ0n) is 16.8. The predicted octanol–water partition coefficient (Wildman–Crippen LogP) is 1.33. The van der Waals surface area contributed by atoms with Crippen LogP contribution >= 0.6 is 0 Å². The average molecular weight is 446 g/mol. The van der Waals surface area contributed by atoms with Gasteiger partial charge in [0.1, 0.15) is 18.1 Å². The van der Waals surface area contributed by atoms with Crippen LogP contribution < -0.4 is 14.8 Å². The van der Waals surface area contributed by atoms with Crippen molar-refractivity contribution < 1.29 is 22.7 Å². The number of carbonyl (C=O) groups excluding carboxylic acids is 2. The van der Waals surface area contributed by atoms with Crippen LogP contribution in [0.25, 0.3) is 0 Å². The average Bonchev–Trinajstić information content (AvgIpc) is 3.37. The van der Waals surface area contributed by atoms with Gasteiger partial charge in [0.25, 0.3) is 0 Å². The van der Waals surface area contributed by atoms with E-state index in [4.69, 9.17) is 4.74 Å². The van der Waals surface area contributed by atoms with Crippen molar-refractivity contribution in [3.8, 4) is 5.75 Å². The Kier molecular flexibility index (Phi) is 6.14. The standard InChI is InChI=1S/C20H23N5O5S/c26-19-13-25(20(27)24-19)12-18-21-9-14(10-22-18)11-23-31(28,29)17-7-3-6-16(8-17)30-15-4-1-2-5-15/h3,6-10,15,23H,1-2,4-5,11-13H2,(H,24,26,27). The van der Waals surface area contributed by atoms with E-state index < -0.39 is 16.1 Å². The van der Waals surface area contributed by atoms with E-state index in [0.29, 0.717) is 17.1 Å². The third-order valence-electron chi connectivity index (χ3n) is 5.15. The fraction of sp³-hybridized carbons (Fsp3) is 0.400. The molecule has 0 spiro atoms. The lowest BCUT2D eigenvalue weighted by atomic mass is 10.3. The zero-order chi connectivity index (χ0) is 21.8. The maximum absolute atomic E-state index is 12.7. The predicted molar refractivity (Wildman–Crippen MR) is 109 cm³/mol. The fourth-order valence-corrected chi connectivity index (χ4v) is 4.56. The number of benzene rings is 1. The number of nitrogens with zero attached hydrogens (tertiary/aromatic N) is 3. The maximum Gasteiger partial charge on any atom is 0.324 e. The molecule has 164 valence electrons. The molecule has 2 aromatic rings. The first-order valence-corrected chi connectivity index (χ1v) is 11.5. The number of sulfonamides is 1. The van der Waals surface area contributed by atoms with Crippen molar-refractivity contribution in [2.75, 3.05) is 6.54 Å². The Hall–Kier alpha value is -3.05. The summed E-state index contributed by atoms with van der Waals surface area (Å²) in [5.41, 5.74) is 0.563. The molecule has 3 amide bonds. The summed E-state index contributed by atoms with van der Waals surface area (Å²) in [7, 11) is -3.74. The van der Waals surface area contributed by atoms with Gasteiger partial charge in [-0.15, -0.1) is 0 Å². The molecule has 0 radical (unpaired) electrons. The molecule has 1 saturated carbocycles. The number of nitrogens with one attached hydrogen (secondary N) is 2. The van der Waals surface area contributed by atoms with Crippen LogP contribution in [0.3, 0.4) is 0 Å². The lowest BCUT2D eigenvalue weighted by molar-refractivity contribution is -0.118. The monoisotopic (exact) mass is 445 g/mol. The van der Waals surface area contributed by atoms with Gasteiger partial charge in [-0.05, 0) is 37.8 Å². The number of amides is 3. The molecule has 0 unspecified atom stereocenters. The number of rotatable bonds is 8. The number of ether oxygens (including phenoxy) is 1. The van der Waals surface area contributed by atoms with Crippen LogP contribution in [0.4, 0.5) is 4.79 Å². The van der Waals surface area contributed by atoms with Crippen LogP contribution in [0.1, 0.15) is 37.1 Å². The molecule has 2 N–H and O–H groups in total. The maximum atomic E-state index is 12.7.